The van der Waals surface area contributed by atoms with Crippen molar-refractivity contribution >= 4 is 0 Å². The molecule has 0 aliphatic carbocycles. The Bertz CT molecular complexity index is 976. The van der Waals surface area contributed by atoms with E-state index in [0.29, 0.717) is 31.0 Å². The second kappa shape index (κ2) is 7.50. The van der Waals surface area contributed by atoms with Crippen molar-refractivity contribution in [3.63, 3.8) is 0 Å². The van der Waals surface area contributed by atoms with Crippen molar-refractivity contribution in [2.24, 2.45) is 0 Å². The van der Waals surface area contributed by atoms with Crippen LogP contribution in [0.1, 0.15) is 24.7 Å². The molecule has 0 amide bonds. The Labute approximate surface area is 155 Å². The van der Waals surface area contributed by atoms with E-state index in [0.717, 1.165) is 17.1 Å². The summed E-state index contributed by atoms with van der Waals surface area (Å²) in [4.78, 5) is 4.62. The highest BCUT2D eigenvalue weighted by molar-refractivity contribution is 5.45. The number of furan rings is 1. The first-order chi connectivity index (χ1) is 13.2. The number of rotatable bonds is 7. The molecule has 0 bridgehead atoms. The molecule has 1 aromatic carbocycles. The predicted octanol–water partition coefficient (Wildman–Crippen LogP) is 1.88. The van der Waals surface area contributed by atoms with Crippen molar-refractivity contribution < 1.29 is 9.52 Å². The first-order valence-corrected chi connectivity index (χ1v) is 8.71. The zero-order valence-electron chi connectivity index (χ0n) is 14.8. The Morgan fingerprint density at radius 3 is 2.70 bits per heavy atom. The van der Waals surface area contributed by atoms with Crippen LogP contribution in [0, 0.1) is 0 Å². The van der Waals surface area contributed by atoms with Crippen molar-refractivity contribution in [3.8, 4) is 17.3 Å². The number of nitrogens with zero attached hydrogens (tertiary/aromatic N) is 7. The maximum Gasteiger partial charge on any atom is 0.217 e. The molecule has 0 aliphatic heterocycles. The lowest BCUT2D eigenvalue weighted by atomic mass is 10.1. The Balaban J connectivity index is 1.60. The molecule has 0 saturated heterocycles. The lowest BCUT2D eigenvalue weighted by Gasteiger charge is -2.10. The fraction of sp³-hybridized carbons (Fsp3) is 0.278. The van der Waals surface area contributed by atoms with Gasteiger partial charge in [0.1, 0.15) is 12.2 Å². The van der Waals surface area contributed by atoms with Crippen molar-refractivity contribution in [1.29, 1.82) is 0 Å². The van der Waals surface area contributed by atoms with Gasteiger partial charge in [0.2, 0.25) is 5.82 Å². The molecule has 0 unspecified atom stereocenters. The summed E-state index contributed by atoms with van der Waals surface area (Å²) in [5.41, 5.74) is 1.94. The van der Waals surface area contributed by atoms with Gasteiger partial charge in [-0.2, -0.15) is 0 Å². The van der Waals surface area contributed by atoms with E-state index in [2.05, 4.69) is 25.6 Å². The Morgan fingerprint density at radius 2 is 2.04 bits per heavy atom. The molecule has 27 heavy (non-hydrogen) atoms. The van der Waals surface area contributed by atoms with Crippen LogP contribution in [0.5, 0.6) is 0 Å². The van der Waals surface area contributed by atoms with E-state index in [-0.39, 0.29) is 0 Å². The average molecular weight is 365 g/mol. The highest BCUT2D eigenvalue weighted by atomic mass is 16.3. The summed E-state index contributed by atoms with van der Waals surface area (Å²) in [7, 11) is 0. The van der Waals surface area contributed by atoms with Crippen LogP contribution in [-0.2, 0) is 13.0 Å². The van der Waals surface area contributed by atoms with Crippen LogP contribution in [0.15, 0.2) is 53.4 Å². The standard InChI is InChI=1S/C18H19N7O2/c1-2-15(26)11-24-17(20-18(21-24)16-4-3-9-27-16)10-13-5-7-14(8-6-13)25-12-19-22-23-25/h3-9,12,15,26H,2,10-11H2,1H3/t15-/m0/s1. The zero-order valence-corrected chi connectivity index (χ0v) is 14.8. The van der Waals surface area contributed by atoms with Gasteiger partial charge >= 0.3 is 0 Å². The third-order valence-corrected chi connectivity index (χ3v) is 4.26. The van der Waals surface area contributed by atoms with Gasteiger partial charge in [-0.15, -0.1) is 10.2 Å². The minimum absolute atomic E-state index is 0.391. The molecular formula is C18H19N7O2. The third-order valence-electron chi connectivity index (χ3n) is 4.26. The van der Waals surface area contributed by atoms with Gasteiger partial charge in [0, 0.05) is 6.42 Å². The van der Waals surface area contributed by atoms with E-state index in [1.807, 2.05) is 37.3 Å². The van der Waals surface area contributed by atoms with Crippen LogP contribution in [-0.4, -0.2) is 46.2 Å². The molecule has 0 spiro atoms. The van der Waals surface area contributed by atoms with E-state index in [1.165, 1.54) is 0 Å². The van der Waals surface area contributed by atoms with E-state index >= 15 is 0 Å². The summed E-state index contributed by atoms with van der Waals surface area (Å²) in [6.07, 6.45) is 3.90. The zero-order chi connectivity index (χ0) is 18.6. The van der Waals surface area contributed by atoms with Gasteiger partial charge in [-0.05, 0) is 46.7 Å². The number of aliphatic hydroxyl groups excluding tert-OH is 1. The molecule has 0 radical (unpaired) electrons. The van der Waals surface area contributed by atoms with Crippen molar-refractivity contribution in [2.45, 2.75) is 32.4 Å². The average Bonchev–Trinajstić information content (AvgIpc) is 3.45. The fourth-order valence-corrected chi connectivity index (χ4v) is 2.72. The highest BCUT2D eigenvalue weighted by Gasteiger charge is 2.16. The van der Waals surface area contributed by atoms with Crippen molar-refractivity contribution in [2.75, 3.05) is 0 Å². The third kappa shape index (κ3) is 3.77. The van der Waals surface area contributed by atoms with Crippen LogP contribution < -0.4 is 0 Å². The number of aromatic nitrogens is 7. The smallest absolute Gasteiger partial charge is 0.217 e. The topological polar surface area (TPSA) is 108 Å². The van der Waals surface area contributed by atoms with Crippen molar-refractivity contribution in [3.05, 3.63) is 60.4 Å². The van der Waals surface area contributed by atoms with Gasteiger partial charge in [0.05, 0.1) is 24.6 Å². The second-order valence-electron chi connectivity index (χ2n) is 6.17. The summed E-state index contributed by atoms with van der Waals surface area (Å²) in [6, 6.07) is 11.5. The van der Waals surface area contributed by atoms with Gasteiger partial charge in [-0.25, -0.2) is 14.3 Å². The van der Waals surface area contributed by atoms with E-state index in [4.69, 9.17) is 4.42 Å². The SMILES string of the molecule is CC[C@H](O)Cn1nc(-c2ccco2)nc1Cc1ccc(-n2cnnn2)cc1. The van der Waals surface area contributed by atoms with Gasteiger partial charge in [-0.1, -0.05) is 19.1 Å². The van der Waals surface area contributed by atoms with Gasteiger partial charge in [0.15, 0.2) is 5.76 Å². The number of benzene rings is 1. The Morgan fingerprint density at radius 1 is 1.19 bits per heavy atom. The Kier molecular flexibility index (Phi) is 4.75. The van der Waals surface area contributed by atoms with E-state index in [9.17, 15) is 5.11 Å². The summed E-state index contributed by atoms with van der Waals surface area (Å²) in [6.45, 7) is 2.33. The van der Waals surface area contributed by atoms with E-state index < -0.39 is 6.10 Å². The van der Waals surface area contributed by atoms with Crippen LogP contribution in [0.3, 0.4) is 0 Å². The maximum atomic E-state index is 10.1. The lowest BCUT2D eigenvalue weighted by molar-refractivity contribution is 0.144. The number of aliphatic hydroxyl groups is 1. The molecule has 4 aromatic rings. The molecular weight excluding hydrogens is 346 g/mol. The lowest BCUT2D eigenvalue weighted by Crippen LogP contribution is -2.18. The molecule has 4 rings (SSSR count). The molecule has 138 valence electrons. The largest absolute Gasteiger partial charge is 0.461 e. The minimum atomic E-state index is -0.475. The summed E-state index contributed by atoms with van der Waals surface area (Å²) in [5.74, 6) is 1.89. The number of tetrazole rings is 1. The highest BCUT2D eigenvalue weighted by Crippen LogP contribution is 2.19. The Hall–Kier alpha value is -3.33. The first-order valence-electron chi connectivity index (χ1n) is 8.71. The second-order valence-corrected chi connectivity index (χ2v) is 6.17. The minimum Gasteiger partial charge on any atom is -0.461 e. The summed E-state index contributed by atoms with van der Waals surface area (Å²) >= 11 is 0. The molecule has 1 N–H and O–H groups in total. The summed E-state index contributed by atoms with van der Waals surface area (Å²) < 4.78 is 8.75. The number of hydrogen-bond acceptors (Lipinski definition) is 7. The van der Waals surface area contributed by atoms with Gasteiger partial charge in [-0.3, -0.25) is 0 Å². The first kappa shape index (κ1) is 17.1. The monoisotopic (exact) mass is 365 g/mol. The molecule has 9 nitrogen and oxygen atoms in total. The van der Waals surface area contributed by atoms with Gasteiger partial charge in [0.25, 0.3) is 0 Å². The summed E-state index contributed by atoms with van der Waals surface area (Å²) in [5, 5.41) is 25.7. The predicted molar refractivity (Wildman–Crippen MR) is 96.0 cm³/mol. The quantitative estimate of drug-likeness (QED) is 0.533. The van der Waals surface area contributed by atoms with Crippen LogP contribution in [0.4, 0.5) is 0 Å². The van der Waals surface area contributed by atoms with Crippen LogP contribution in [0.2, 0.25) is 0 Å². The number of hydrogen-bond donors (Lipinski definition) is 1. The molecule has 3 heterocycles. The molecule has 0 fully saturated rings. The molecule has 1 atom stereocenters. The van der Waals surface area contributed by atoms with Gasteiger partial charge < -0.3 is 9.52 Å². The fourth-order valence-electron chi connectivity index (χ4n) is 2.72. The maximum absolute atomic E-state index is 10.1. The molecule has 0 saturated carbocycles. The molecule has 0 aliphatic rings. The van der Waals surface area contributed by atoms with Crippen molar-refractivity contribution in [1.82, 2.24) is 35.0 Å². The normalized spacial score (nSPS) is 12.4. The van der Waals surface area contributed by atoms with E-state index in [1.54, 1.807) is 28.0 Å². The van der Waals surface area contributed by atoms with Crippen LogP contribution in [0.25, 0.3) is 17.3 Å². The van der Waals surface area contributed by atoms with Crippen LogP contribution >= 0.6 is 0 Å². The molecule has 9 heteroatoms. The molecule has 3 aromatic heterocycles.